The maximum absolute atomic E-state index is 5.73. The van der Waals surface area contributed by atoms with E-state index in [1.165, 1.54) is 11.1 Å². The number of benzene rings is 1. The highest BCUT2D eigenvalue weighted by atomic mass is 16.5. The van der Waals surface area contributed by atoms with E-state index >= 15 is 0 Å². The summed E-state index contributed by atoms with van der Waals surface area (Å²) in [6.45, 7) is 4.18. The number of likely N-dealkylation sites (N-methyl/N-ethyl adjacent to an activating group) is 1. The van der Waals surface area contributed by atoms with Crippen LogP contribution in [0.1, 0.15) is 24.1 Å². The van der Waals surface area contributed by atoms with Gasteiger partial charge in [-0.1, -0.05) is 12.1 Å². The Morgan fingerprint density at radius 1 is 1.38 bits per heavy atom. The Morgan fingerprint density at radius 3 is 2.85 bits per heavy atom. The van der Waals surface area contributed by atoms with E-state index in [0.717, 1.165) is 5.75 Å². The molecule has 0 fully saturated rings. The van der Waals surface area contributed by atoms with E-state index in [1.807, 2.05) is 7.05 Å². The van der Waals surface area contributed by atoms with Crippen LogP contribution in [0, 0.1) is 6.92 Å². The molecule has 1 aromatic rings. The summed E-state index contributed by atoms with van der Waals surface area (Å²) in [7, 11) is 1.97. The molecular weight excluding hydrogens is 162 g/mol. The summed E-state index contributed by atoms with van der Waals surface area (Å²) in [5, 5.41) is 3.26. The average molecular weight is 177 g/mol. The highest BCUT2D eigenvalue weighted by molar-refractivity contribution is 5.43. The van der Waals surface area contributed by atoms with Crippen LogP contribution in [0.15, 0.2) is 18.2 Å². The molecule has 0 bridgehead atoms. The van der Waals surface area contributed by atoms with Gasteiger partial charge < -0.3 is 10.1 Å². The molecule has 2 atom stereocenters. The number of ether oxygens (including phenoxy) is 1. The lowest BCUT2D eigenvalue weighted by molar-refractivity contribution is 0.214. The van der Waals surface area contributed by atoms with Crippen LogP contribution in [0.2, 0.25) is 0 Å². The molecular formula is C11H15NO. The van der Waals surface area contributed by atoms with Crippen molar-refractivity contribution in [1.82, 2.24) is 5.32 Å². The van der Waals surface area contributed by atoms with Crippen LogP contribution in [0.3, 0.4) is 0 Å². The topological polar surface area (TPSA) is 21.3 Å². The molecule has 2 rings (SSSR count). The maximum atomic E-state index is 5.73. The van der Waals surface area contributed by atoms with Crippen molar-refractivity contribution in [3.05, 3.63) is 29.3 Å². The molecule has 13 heavy (non-hydrogen) atoms. The highest BCUT2D eigenvalue weighted by Crippen LogP contribution is 2.36. The van der Waals surface area contributed by atoms with Gasteiger partial charge in [0, 0.05) is 5.56 Å². The summed E-state index contributed by atoms with van der Waals surface area (Å²) in [6, 6.07) is 6.72. The fourth-order valence-corrected chi connectivity index (χ4v) is 1.91. The van der Waals surface area contributed by atoms with Gasteiger partial charge in [0.25, 0.3) is 0 Å². The molecule has 1 aromatic carbocycles. The largest absolute Gasteiger partial charge is 0.488 e. The molecule has 2 nitrogen and oxygen atoms in total. The van der Waals surface area contributed by atoms with Crippen LogP contribution in [-0.4, -0.2) is 13.2 Å². The van der Waals surface area contributed by atoms with Crippen molar-refractivity contribution < 1.29 is 4.74 Å². The van der Waals surface area contributed by atoms with E-state index in [0.29, 0.717) is 6.04 Å². The number of aryl methyl sites for hydroxylation is 1. The van der Waals surface area contributed by atoms with Crippen LogP contribution in [0.4, 0.5) is 0 Å². The molecule has 1 heterocycles. The normalized spacial score (nSPS) is 25.5. The molecule has 2 heteroatoms. The second kappa shape index (κ2) is 3.04. The third-order valence-electron chi connectivity index (χ3n) is 2.60. The Balaban J connectivity index is 2.42. The fourth-order valence-electron chi connectivity index (χ4n) is 1.91. The van der Waals surface area contributed by atoms with Crippen molar-refractivity contribution in [2.75, 3.05) is 7.05 Å². The molecule has 2 unspecified atom stereocenters. The van der Waals surface area contributed by atoms with Gasteiger partial charge in [-0.25, -0.2) is 0 Å². The summed E-state index contributed by atoms with van der Waals surface area (Å²) < 4.78 is 5.73. The van der Waals surface area contributed by atoms with E-state index in [-0.39, 0.29) is 6.10 Å². The third-order valence-corrected chi connectivity index (χ3v) is 2.60. The van der Waals surface area contributed by atoms with Crippen molar-refractivity contribution >= 4 is 0 Å². The number of hydrogen-bond donors (Lipinski definition) is 1. The number of hydrogen-bond acceptors (Lipinski definition) is 2. The first-order valence-corrected chi connectivity index (χ1v) is 4.67. The Labute approximate surface area is 78.9 Å². The van der Waals surface area contributed by atoms with Gasteiger partial charge >= 0.3 is 0 Å². The first-order chi connectivity index (χ1) is 6.22. The van der Waals surface area contributed by atoms with Gasteiger partial charge in [0.05, 0.1) is 6.04 Å². The van der Waals surface area contributed by atoms with Crippen LogP contribution in [-0.2, 0) is 0 Å². The highest BCUT2D eigenvalue weighted by Gasteiger charge is 2.29. The Bertz CT molecular complexity index is 322. The summed E-state index contributed by atoms with van der Waals surface area (Å²) >= 11 is 0. The minimum atomic E-state index is 0.238. The van der Waals surface area contributed by atoms with Crippen molar-refractivity contribution in [1.29, 1.82) is 0 Å². The van der Waals surface area contributed by atoms with E-state index in [2.05, 4.69) is 37.4 Å². The van der Waals surface area contributed by atoms with Crippen LogP contribution >= 0.6 is 0 Å². The lowest BCUT2D eigenvalue weighted by atomic mass is 10.0. The second-order valence-electron chi connectivity index (χ2n) is 3.63. The third kappa shape index (κ3) is 1.31. The molecule has 70 valence electrons. The molecule has 0 spiro atoms. The van der Waals surface area contributed by atoms with Gasteiger partial charge in [-0.15, -0.1) is 0 Å². The van der Waals surface area contributed by atoms with E-state index in [1.54, 1.807) is 0 Å². The van der Waals surface area contributed by atoms with Gasteiger partial charge in [0.2, 0.25) is 0 Å². The summed E-state index contributed by atoms with van der Waals surface area (Å²) in [4.78, 5) is 0. The van der Waals surface area contributed by atoms with E-state index in [9.17, 15) is 0 Å². The Kier molecular flexibility index (Phi) is 2.00. The predicted octanol–water partition coefficient (Wildman–Crippen LogP) is 2.04. The zero-order valence-corrected chi connectivity index (χ0v) is 8.29. The first-order valence-electron chi connectivity index (χ1n) is 4.67. The standard InChI is InChI=1S/C11H15NO/c1-7-4-5-9-10(6-7)13-8(2)11(9)12-3/h4-6,8,11-12H,1-3H3. The van der Waals surface area contributed by atoms with Crippen molar-refractivity contribution in [2.45, 2.75) is 26.0 Å². The van der Waals surface area contributed by atoms with Crippen molar-refractivity contribution in [3.63, 3.8) is 0 Å². The second-order valence-corrected chi connectivity index (χ2v) is 3.63. The molecule has 1 N–H and O–H groups in total. The lowest BCUT2D eigenvalue weighted by Gasteiger charge is -2.12. The first kappa shape index (κ1) is 8.57. The minimum absolute atomic E-state index is 0.238. The molecule has 0 amide bonds. The lowest BCUT2D eigenvalue weighted by Crippen LogP contribution is -2.25. The molecule has 0 saturated heterocycles. The fraction of sp³-hybridized carbons (Fsp3) is 0.455. The van der Waals surface area contributed by atoms with Gasteiger partial charge in [-0.3, -0.25) is 0 Å². The smallest absolute Gasteiger partial charge is 0.124 e. The predicted molar refractivity (Wildman–Crippen MR) is 53.1 cm³/mol. The van der Waals surface area contributed by atoms with E-state index < -0.39 is 0 Å². The Hall–Kier alpha value is -1.02. The Morgan fingerprint density at radius 2 is 2.15 bits per heavy atom. The zero-order valence-electron chi connectivity index (χ0n) is 8.29. The summed E-state index contributed by atoms with van der Waals surface area (Å²) in [5.41, 5.74) is 2.53. The average Bonchev–Trinajstić information content (AvgIpc) is 2.39. The van der Waals surface area contributed by atoms with Crippen molar-refractivity contribution in [2.24, 2.45) is 0 Å². The molecule has 1 aliphatic heterocycles. The van der Waals surface area contributed by atoms with Gasteiger partial charge in [-0.05, 0) is 32.5 Å². The molecule has 1 aliphatic rings. The molecule has 0 radical (unpaired) electrons. The molecule has 0 saturated carbocycles. The quantitative estimate of drug-likeness (QED) is 0.708. The van der Waals surface area contributed by atoms with Gasteiger partial charge in [0.1, 0.15) is 11.9 Å². The zero-order chi connectivity index (χ0) is 9.42. The van der Waals surface area contributed by atoms with Gasteiger partial charge in [0.15, 0.2) is 0 Å². The van der Waals surface area contributed by atoms with Crippen LogP contribution in [0.5, 0.6) is 5.75 Å². The maximum Gasteiger partial charge on any atom is 0.124 e. The van der Waals surface area contributed by atoms with Crippen LogP contribution in [0.25, 0.3) is 0 Å². The number of nitrogens with one attached hydrogen (secondary N) is 1. The monoisotopic (exact) mass is 177 g/mol. The summed E-state index contributed by atoms with van der Waals surface area (Å²) in [6.07, 6.45) is 0.238. The van der Waals surface area contributed by atoms with Gasteiger partial charge in [-0.2, -0.15) is 0 Å². The number of rotatable bonds is 1. The molecule has 0 aromatic heterocycles. The summed E-state index contributed by atoms with van der Waals surface area (Å²) in [5.74, 6) is 1.03. The van der Waals surface area contributed by atoms with Crippen molar-refractivity contribution in [3.8, 4) is 5.75 Å². The molecule has 0 aliphatic carbocycles. The number of fused-ring (bicyclic) bond motifs is 1. The van der Waals surface area contributed by atoms with Crippen LogP contribution < -0.4 is 10.1 Å². The van der Waals surface area contributed by atoms with E-state index in [4.69, 9.17) is 4.74 Å². The SMILES string of the molecule is CNC1c2ccc(C)cc2OC1C. The minimum Gasteiger partial charge on any atom is -0.488 e.